The zero-order valence-electron chi connectivity index (χ0n) is 10.5. The molecule has 1 aromatic rings. The molecule has 4 N–H and O–H groups in total. The first-order chi connectivity index (χ1) is 8.73. The minimum Gasteiger partial charge on any atom is -0.361 e. The van der Waals surface area contributed by atoms with Gasteiger partial charge in [0.25, 0.3) is 0 Å². The lowest BCUT2D eigenvalue weighted by Crippen LogP contribution is -2.26. The molecule has 1 aromatic heterocycles. The molecule has 10 heteroatoms. The quantitative estimate of drug-likeness (QED) is 0.381. The molecule has 9 nitrogen and oxygen atoms in total. The highest BCUT2D eigenvalue weighted by atomic mass is 32.2. The largest absolute Gasteiger partial charge is 0.361 e. The Morgan fingerprint density at radius 1 is 1.53 bits per heavy atom. The van der Waals surface area contributed by atoms with E-state index in [1.54, 1.807) is 6.92 Å². The third kappa shape index (κ3) is 4.67. The minimum atomic E-state index is -3.19. The number of nitrogens with two attached hydrogens (primary N) is 1. The van der Waals surface area contributed by atoms with Gasteiger partial charge < -0.3 is 10.7 Å². The van der Waals surface area contributed by atoms with Crippen molar-refractivity contribution in [3.8, 4) is 0 Å². The van der Waals surface area contributed by atoms with Gasteiger partial charge in [-0.05, 0) is 13.0 Å². The molecule has 19 heavy (non-hydrogen) atoms. The fourth-order valence-electron chi connectivity index (χ4n) is 1.51. The van der Waals surface area contributed by atoms with Gasteiger partial charge in [0, 0.05) is 18.4 Å². The molecule has 0 aliphatic heterocycles. The molecule has 1 rings (SSSR count). The predicted molar refractivity (Wildman–Crippen MR) is 71.5 cm³/mol. The summed E-state index contributed by atoms with van der Waals surface area (Å²) in [6, 6.07) is 2.07. The van der Waals surface area contributed by atoms with Crippen molar-refractivity contribution in [1.82, 2.24) is 4.98 Å². The second-order valence-electron chi connectivity index (χ2n) is 4.10. The first kappa shape index (κ1) is 15.1. The molecule has 1 heterocycles. The van der Waals surface area contributed by atoms with Crippen LogP contribution in [0.25, 0.3) is 0 Å². The van der Waals surface area contributed by atoms with Crippen LogP contribution in [0, 0.1) is 10.1 Å². The van der Waals surface area contributed by atoms with E-state index in [1.807, 2.05) is 0 Å². The van der Waals surface area contributed by atoms with Crippen molar-refractivity contribution in [2.24, 2.45) is 5.84 Å². The normalized spacial score (nSPS) is 12.8. The van der Waals surface area contributed by atoms with E-state index in [-0.39, 0.29) is 23.1 Å². The minimum absolute atomic E-state index is 0.0309. The van der Waals surface area contributed by atoms with Crippen LogP contribution in [0.2, 0.25) is 0 Å². The van der Waals surface area contributed by atoms with Crippen molar-refractivity contribution in [1.29, 1.82) is 0 Å². The van der Waals surface area contributed by atoms with Crippen molar-refractivity contribution in [3.05, 3.63) is 22.2 Å². The van der Waals surface area contributed by atoms with E-state index in [0.717, 1.165) is 6.26 Å². The van der Waals surface area contributed by atoms with Crippen LogP contribution < -0.4 is 16.6 Å². The fourth-order valence-corrected chi connectivity index (χ4v) is 2.51. The SMILES string of the molecule is CC(CS(C)(=O)=O)Nc1nc(NN)ccc1[N+](=O)[O-]. The standard InChI is InChI=1S/C9H15N5O4S/c1-6(5-19(2,17)18)11-9-7(14(15)16)3-4-8(12-9)13-10/h3-4,6H,5,10H2,1-2H3,(H2,11,12,13). The molecule has 0 aromatic carbocycles. The van der Waals surface area contributed by atoms with Gasteiger partial charge in [-0.25, -0.2) is 19.2 Å². The van der Waals surface area contributed by atoms with Crippen molar-refractivity contribution >= 4 is 27.2 Å². The molecule has 1 atom stereocenters. The van der Waals surface area contributed by atoms with Gasteiger partial charge in [-0.2, -0.15) is 0 Å². The van der Waals surface area contributed by atoms with Crippen LogP contribution >= 0.6 is 0 Å². The molecule has 0 saturated carbocycles. The number of hydrogen-bond acceptors (Lipinski definition) is 8. The predicted octanol–water partition coefficient (Wildman–Crippen LogP) is 0.120. The number of nitro groups is 1. The molecule has 0 aliphatic rings. The highest BCUT2D eigenvalue weighted by molar-refractivity contribution is 7.90. The van der Waals surface area contributed by atoms with Crippen LogP contribution in [0.5, 0.6) is 0 Å². The summed E-state index contributed by atoms with van der Waals surface area (Å²) in [7, 11) is -3.19. The first-order valence-electron chi connectivity index (χ1n) is 5.29. The second kappa shape index (κ2) is 5.80. The van der Waals surface area contributed by atoms with Crippen LogP contribution in [0.1, 0.15) is 6.92 Å². The third-order valence-corrected chi connectivity index (χ3v) is 3.26. The van der Waals surface area contributed by atoms with Crippen molar-refractivity contribution in [2.45, 2.75) is 13.0 Å². The highest BCUT2D eigenvalue weighted by Gasteiger charge is 2.19. The maximum absolute atomic E-state index is 11.1. The average Bonchev–Trinajstić information content (AvgIpc) is 2.25. The fraction of sp³-hybridized carbons (Fsp3) is 0.444. The zero-order valence-corrected chi connectivity index (χ0v) is 11.3. The summed E-state index contributed by atoms with van der Waals surface area (Å²) in [5.74, 6) is 5.22. The molecule has 1 unspecified atom stereocenters. The van der Waals surface area contributed by atoms with Crippen LogP contribution in [0.4, 0.5) is 17.3 Å². The van der Waals surface area contributed by atoms with Gasteiger partial charge in [-0.1, -0.05) is 0 Å². The number of hydrazine groups is 1. The maximum Gasteiger partial charge on any atom is 0.311 e. The number of rotatable bonds is 6. The number of anilines is 2. The first-order valence-corrected chi connectivity index (χ1v) is 7.35. The second-order valence-corrected chi connectivity index (χ2v) is 6.29. The monoisotopic (exact) mass is 289 g/mol. The zero-order chi connectivity index (χ0) is 14.6. The lowest BCUT2D eigenvalue weighted by Gasteiger charge is -2.14. The molecule has 0 spiro atoms. The molecule has 106 valence electrons. The summed E-state index contributed by atoms with van der Waals surface area (Å²) in [5.41, 5.74) is 2.01. The molecular weight excluding hydrogens is 274 g/mol. The summed E-state index contributed by atoms with van der Waals surface area (Å²) in [6.45, 7) is 1.59. The summed E-state index contributed by atoms with van der Waals surface area (Å²) in [6.07, 6.45) is 1.09. The van der Waals surface area contributed by atoms with E-state index in [1.165, 1.54) is 12.1 Å². The van der Waals surface area contributed by atoms with Gasteiger partial charge in [-0.15, -0.1) is 0 Å². The van der Waals surface area contributed by atoms with E-state index in [4.69, 9.17) is 5.84 Å². The lowest BCUT2D eigenvalue weighted by atomic mass is 10.3. The number of pyridine rings is 1. The van der Waals surface area contributed by atoms with E-state index < -0.39 is 20.8 Å². The van der Waals surface area contributed by atoms with Gasteiger partial charge in [-0.3, -0.25) is 10.1 Å². The van der Waals surface area contributed by atoms with E-state index >= 15 is 0 Å². The molecule has 0 saturated heterocycles. The number of sulfone groups is 1. The number of nitrogens with zero attached hydrogens (tertiary/aromatic N) is 2. The molecule has 0 aliphatic carbocycles. The summed E-state index contributed by atoms with van der Waals surface area (Å²) in [4.78, 5) is 14.1. The highest BCUT2D eigenvalue weighted by Crippen LogP contribution is 2.24. The third-order valence-electron chi connectivity index (χ3n) is 2.15. The number of hydrogen-bond donors (Lipinski definition) is 3. The Balaban J connectivity index is 3.00. The summed E-state index contributed by atoms with van der Waals surface area (Å²) >= 11 is 0. The van der Waals surface area contributed by atoms with E-state index in [0.29, 0.717) is 0 Å². The summed E-state index contributed by atoms with van der Waals surface area (Å²) in [5, 5.41) is 13.5. The molecule has 0 amide bonds. The molecule has 0 radical (unpaired) electrons. The molecule has 0 fully saturated rings. The Kier molecular flexibility index (Phi) is 4.62. The van der Waals surface area contributed by atoms with Gasteiger partial charge in [0.15, 0.2) is 0 Å². The topological polar surface area (TPSA) is 140 Å². The molecule has 0 bridgehead atoms. The smallest absolute Gasteiger partial charge is 0.311 e. The van der Waals surface area contributed by atoms with Gasteiger partial charge in [0.05, 0.1) is 10.7 Å². The molecular formula is C9H15N5O4S. The lowest BCUT2D eigenvalue weighted by molar-refractivity contribution is -0.384. The maximum atomic E-state index is 11.1. The van der Waals surface area contributed by atoms with Crippen molar-refractivity contribution < 1.29 is 13.3 Å². The van der Waals surface area contributed by atoms with Crippen molar-refractivity contribution in [3.63, 3.8) is 0 Å². The van der Waals surface area contributed by atoms with Crippen LogP contribution in [-0.2, 0) is 9.84 Å². The Hall–Kier alpha value is -1.94. The number of nitrogens with one attached hydrogen (secondary N) is 2. The van der Waals surface area contributed by atoms with E-state index in [2.05, 4.69) is 15.7 Å². The Labute approximate surface area is 110 Å². The van der Waals surface area contributed by atoms with Gasteiger partial charge in [0.1, 0.15) is 15.7 Å². The average molecular weight is 289 g/mol. The Morgan fingerprint density at radius 2 is 2.16 bits per heavy atom. The number of nitrogen functional groups attached to an aromatic ring is 1. The van der Waals surface area contributed by atoms with Crippen LogP contribution in [0.3, 0.4) is 0 Å². The van der Waals surface area contributed by atoms with Crippen LogP contribution in [-0.4, -0.2) is 36.4 Å². The Morgan fingerprint density at radius 3 is 2.63 bits per heavy atom. The van der Waals surface area contributed by atoms with Gasteiger partial charge >= 0.3 is 5.69 Å². The summed E-state index contributed by atoms with van der Waals surface area (Å²) < 4.78 is 22.3. The Bertz CT molecular complexity index is 574. The number of aromatic nitrogens is 1. The van der Waals surface area contributed by atoms with Crippen LogP contribution in [0.15, 0.2) is 12.1 Å². The van der Waals surface area contributed by atoms with E-state index in [9.17, 15) is 18.5 Å². The van der Waals surface area contributed by atoms with Crippen molar-refractivity contribution in [2.75, 3.05) is 22.8 Å². The van der Waals surface area contributed by atoms with Gasteiger partial charge in [0.2, 0.25) is 5.82 Å².